The molecule has 0 amide bonds. The minimum absolute atomic E-state index is 0.209. The molecule has 0 saturated carbocycles. The fourth-order valence-electron chi connectivity index (χ4n) is 2.75. The second kappa shape index (κ2) is 8.29. The molecule has 1 aliphatic carbocycles. The van der Waals surface area contributed by atoms with E-state index in [1.54, 1.807) is 0 Å². The normalized spacial score (nSPS) is 19.7. The molecule has 3 nitrogen and oxygen atoms in total. The van der Waals surface area contributed by atoms with Crippen molar-refractivity contribution in [3.63, 3.8) is 0 Å². The maximum absolute atomic E-state index is 12.3. The van der Waals surface area contributed by atoms with Crippen LogP contribution in [0.3, 0.4) is 0 Å². The fourth-order valence-corrected chi connectivity index (χ4v) is 3.64. The Hall–Kier alpha value is -0.870. The summed E-state index contributed by atoms with van der Waals surface area (Å²) in [5.41, 5.74) is 2.81. The zero-order chi connectivity index (χ0) is 16.9. The average Bonchev–Trinajstić information content (AvgIpc) is 2.69. The van der Waals surface area contributed by atoms with Gasteiger partial charge in [0.2, 0.25) is 0 Å². The van der Waals surface area contributed by atoms with E-state index in [0.29, 0.717) is 6.04 Å². The number of hydrogen-bond acceptors (Lipinski definition) is 2. The largest absolute Gasteiger partial charge is 0.494 e. The van der Waals surface area contributed by atoms with Gasteiger partial charge in [-0.2, -0.15) is 0 Å². The van der Waals surface area contributed by atoms with Gasteiger partial charge in [-0.1, -0.05) is 19.4 Å². The Bertz CT molecular complexity index is 537. The summed E-state index contributed by atoms with van der Waals surface area (Å²) in [6.07, 6.45) is 6.41. The lowest BCUT2D eigenvalue weighted by atomic mass is 10.0. The van der Waals surface area contributed by atoms with Crippen LogP contribution in [0, 0.1) is 0 Å². The first-order valence-corrected chi connectivity index (χ1v) is 9.97. The summed E-state index contributed by atoms with van der Waals surface area (Å²) >= 11 is 0. The highest BCUT2D eigenvalue weighted by Crippen LogP contribution is 2.26. The highest BCUT2D eigenvalue weighted by Gasteiger charge is 2.24. The molecule has 0 aliphatic heterocycles. The number of unbranched alkanes of at least 4 members (excludes halogenated alkanes) is 1. The van der Waals surface area contributed by atoms with Crippen LogP contribution in [0.1, 0.15) is 64.5 Å². The molecule has 130 valence electrons. The average molecular weight is 338 g/mol. The third-order valence-electron chi connectivity index (χ3n) is 4.30. The van der Waals surface area contributed by atoms with E-state index in [0.717, 1.165) is 50.9 Å². The molecule has 0 fully saturated rings. The standard InChI is InChI=1S/C19H31NO2S/c1-5-6-13-22-18-12-9-15-7-10-17(11-8-16(15)14-18)20-23(21)19(2,3)4/h9,12,14,17,20H,5-8,10-11,13H2,1-4H3/t17-,23?/m1/s1. The van der Waals surface area contributed by atoms with Gasteiger partial charge >= 0.3 is 0 Å². The van der Waals surface area contributed by atoms with Crippen molar-refractivity contribution < 1.29 is 8.95 Å². The van der Waals surface area contributed by atoms with E-state index in [1.165, 1.54) is 11.1 Å². The van der Waals surface area contributed by atoms with E-state index in [-0.39, 0.29) is 4.75 Å². The summed E-state index contributed by atoms with van der Waals surface area (Å²) in [7, 11) is -0.992. The Balaban J connectivity index is 1.96. The molecular formula is C19H31NO2S. The molecule has 1 aromatic carbocycles. The molecule has 2 atom stereocenters. The summed E-state index contributed by atoms with van der Waals surface area (Å²) in [4.78, 5) is 0. The van der Waals surface area contributed by atoms with Crippen LogP contribution in [0.15, 0.2) is 18.2 Å². The summed E-state index contributed by atoms with van der Waals surface area (Å²) < 4.78 is 21.2. The van der Waals surface area contributed by atoms with E-state index in [2.05, 4.69) is 29.8 Å². The van der Waals surface area contributed by atoms with Gasteiger partial charge < -0.3 is 4.74 Å². The molecule has 0 spiro atoms. The zero-order valence-electron chi connectivity index (χ0n) is 15.0. The lowest BCUT2D eigenvalue weighted by molar-refractivity contribution is 0.309. The Morgan fingerprint density at radius 3 is 2.57 bits per heavy atom. The predicted octanol–water partition coefficient (Wildman–Crippen LogP) is 4.16. The van der Waals surface area contributed by atoms with Crippen molar-refractivity contribution in [2.75, 3.05) is 6.61 Å². The molecule has 0 radical (unpaired) electrons. The number of fused-ring (bicyclic) bond motifs is 1. The van der Waals surface area contributed by atoms with Gasteiger partial charge in [-0.05, 0) is 76.1 Å². The van der Waals surface area contributed by atoms with Gasteiger partial charge in [0, 0.05) is 6.04 Å². The summed E-state index contributed by atoms with van der Waals surface area (Å²) in [6.45, 7) is 9.02. The number of benzene rings is 1. The van der Waals surface area contributed by atoms with Crippen LogP contribution in [-0.4, -0.2) is 21.6 Å². The van der Waals surface area contributed by atoms with Gasteiger partial charge in [-0.3, -0.25) is 0 Å². The van der Waals surface area contributed by atoms with Crippen LogP contribution in [0.5, 0.6) is 5.75 Å². The third-order valence-corrected chi connectivity index (χ3v) is 5.96. The van der Waals surface area contributed by atoms with Gasteiger partial charge in [0.1, 0.15) is 5.75 Å². The van der Waals surface area contributed by atoms with E-state index in [4.69, 9.17) is 4.74 Å². The molecule has 0 bridgehead atoms. The molecule has 1 unspecified atom stereocenters. The second-order valence-corrected chi connectivity index (χ2v) is 9.40. The van der Waals surface area contributed by atoms with Crippen LogP contribution in [0.2, 0.25) is 0 Å². The summed E-state index contributed by atoms with van der Waals surface area (Å²) in [5.74, 6) is 0.988. The Morgan fingerprint density at radius 1 is 1.22 bits per heavy atom. The number of rotatable bonds is 6. The van der Waals surface area contributed by atoms with Gasteiger partial charge in [0.05, 0.1) is 22.3 Å². The van der Waals surface area contributed by atoms with Crippen molar-refractivity contribution in [2.24, 2.45) is 0 Å². The SMILES string of the molecule is CCCCOc1ccc2c(c1)CC[C@H](NS(=O)C(C)(C)C)CC2. The van der Waals surface area contributed by atoms with Gasteiger partial charge in [0.25, 0.3) is 0 Å². The molecule has 0 aromatic heterocycles. The first kappa shape index (κ1) is 18.5. The lowest BCUT2D eigenvalue weighted by Gasteiger charge is -2.23. The van der Waals surface area contributed by atoms with Crippen LogP contribution >= 0.6 is 0 Å². The highest BCUT2D eigenvalue weighted by atomic mass is 32.2. The molecule has 4 heteroatoms. The van der Waals surface area contributed by atoms with Crippen molar-refractivity contribution in [2.45, 2.75) is 77.0 Å². The van der Waals surface area contributed by atoms with Crippen molar-refractivity contribution >= 4 is 11.0 Å². The maximum Gasteiger partial charge on any atom is 0.119 e. The third kappa shape index (κ3) is 5.61. The van der Waals surface area contributed by atoms with Crippen LogP contribution in [0.25, 0.3) is 0 Å². The molecule has 0 heterocycles. The van der Waals surface area contributed by atoms with Crippen LogP contribution in [0.4, 0.5) is 0 Å². The molecule has 1 aromatic rings. The molecule has 0 saturated heterocycles. The second-order valence-electron chi connectivity index (χ2n) is 7.41. The fraction of sp³-hybridized carbons (Fsp3) is 0.684. The quantitative estimate of drug-likeness (QED) is 0.625. The van der Waals surface area contributed by atoms with Crippen molar-refractivity contribution in [1.29, 1.82) is 0 Å². The van der Waals surface area contributed by atoms with Crippen LogP contribution < -0.4 is 9.46 Å². The highest BCUT2D eigenvalue weighted by molar-refractivity contribution is 7.84. The Labute approximate surface area is 143 Å². The monoisotopic (exact) mass is 337 g/mol. The minimum atomic E-state index is -0.992. The van der Waals surface area contributed by atoms with E-state index < -0.39 is 11.0 Å². The van der Waals surface area contributed by atoms with E-state index >= 15 is 0 Å². The zero-order valence-corrected chi connectivity index (χ0v) is 15.8. The first-order chi connectivity index (χ1) is 10.9. The number of ether oxygens (including phenoxy) is 1. The molecule has 1 aliphatic rings. The topological polar surface area (TPSA) is 38.3 Å². The number of hydrogen-bond donors (Lipinski definition) is 1. The Morgan fingerprint density at radius 2 is 1.91 bits per heavy atom. The van der Waals surface area contributed by atoms with Crippen molar-refractivity contribution in [1.82, 2.24) is 4.72 Å². The lowest BCUT2D eigenvalue weighted by Crippen LogP contribution is -2.39. The smallest absolute Gasteiger partial charge is 0.119 e. The molecule has 2 rings (SSSR count). The summed E-state index contributed by atoms with van der Waals surface area (Å²) in [5, 5.41) is 0. The summed E-state index contributed by atoms with van der Waals surface area (Å²) in [6, 6.07) is 6.83. The molecule has 1 N–H and O–H groups in total. The minimum Gasteiger partial charge on any atom is -0.494 e. The maximum atomic E-state index is 12.3. The van der Waals surface area contributed by atoms with Crippen LogP contribution in [-0.2, 0) is 23.8 Å². The van der Waals surface area contributed by atoms with Gasteiger partial charge in [-0.15, -0.1) is 0 Å². The van der Waals surface area contributed by atoms with E-state index in [9.17, 15) is 4.21 Å². The van der Waals surface area contributed by atoms with Gasteiger partial charge in [0.15, 0.2) is 0 Å². The molecule has 23 heavy (non-hydrogen) atoms. The van der Waals surface area contributed by atoms with Crippen molar-refractivity contribution in [3.8, 4) is 5.75 Å². The number of aryl methyl sites for hydroxylation is 2. The van der Waals surface area contributed by atoms with Crippen molar-refractivity contribution in [3.05, 3.63) is 29.3 Å². The van der Waals surface area contributed by atoms with Gasteiger partial charge in [-0.25, -0.2) is 8.93 Å². The molecular weight excluding hydrogens is 306 g/mol. The predicted molar refractivity (Wildman–Crippen MR) is 98.3 cm³/mol. The first-order valence-electron chi connectivity index (χ1n) is 8.83. The Kier molecular flexibility index (Phi) is 6.66. The number of nitrogens with one attached hydrogen (secondary N) is 1. The van der Waals surface area contributed by atoms with E-state index in [1.807, 2.05) is 20.8 Å².